The van der Waals surface area contributed by atoms with Crippen molar-refractivity contribution in [3.63, 3.8) is 0 Å². The maximum absolute atomic E-state index is 12.7. The van der Waals surface area contributed by atoms with E-state index in [4.69, 9.17) is 14.2 Å². The molecule has 0 aliphatic heterocycles. The van der Waals surface area contributed by atoms with E-state index in [2.05, 4.69) is 74.6 Å². The lowest BCUT2D eigenvalue weighted by Crippen LogP contribution is -2.50. The second kappa shape index (κ2) is 43.7. The number of quaternary nitrogens is 1. The van der Waals surface area contributed by atoms with E-state index in [1.54, 1.807) is 0 Å². The number of likely N-dealkylation sites (N-methyl/N-ethyl adjacent to an activating group) is 1. The lowest BCUT2D eigenvalue weighted by Gasteiger charge is -2.31. The molecule has 8 nitrogen and oxygen atoms in total. The van der Waals surface area contributed by atoms with Crippen LogP contribution in [-0.2, 0) is 28.6 Å². The molecule has 0 aromatic carbocycles. The number of ether oxygens (including phenoxy) is 3. The first-order valence-electron chi connectivity index (χ1n) is 24.8. The van der Waals surface area contributed by atoms with E-state index in [-0.39, 0.29) is 42.7 Å². The normalized spacial score (nSPS) is 13.4. The summed E-state index contributed by atoms with van der Waals surface area (Å²) in [5.41, 5.74) is 0. The van der Waals surface area contributed by atoms with Gasteiger partial charge in [0.25, 0.3) is 0 Å². The smallest absolute Gasteiger partial charge is 0.362 e. The van der Waals surface area contributed by atoms with E-state index in [0.717, 1.165) is 57.8 Å². The minimum Gasteiger partial charge on any atom is -0.477 e. The van der Waals surface area contributed by atoms with Crippen molar-refractivity contribution in [2.45, 2.75) is 219 Å². The summed E-state index contributed by atoms with van der Waals surface area (Å²) >= 11 is 0. The number of carbonyl (C=O) groups is 3. The molecule has 0 aliphatic carbocycles. The fourth-order valence-corrected chi connectivity index (χ4v) is 7.13. The van der Waals surface area contributed by atoms with Gasteiger partial charge in [-0.1, -0.05) is 197 Å². The van der Waals surface area contributed by atoms with E-state index >= 15 is 0 Å². The topological polar surface area (TPSA) is 99.1 Å². The van der Waals surface area contributed by atoms with Crippen molar-refractivity contribution in [3.05, 3.63) is 60.8 Å². The molecule has 0 bridgehead atoms. The fourth-order valence-electron chi connectivity index (χ4n) is 7.13. The molecular formula is C53H94NO7+. The maximum Gasteiger partial charge on any atom is 0.362 e. The van der Waals surface area contributed by atoms with Crippen LogP contribution < -0.4 is 0 Å². The lowest BCUT2D eigenvalue weighted by atomic mass is 10.0. The number of aliphatic carboxylic acids is 1. The molecule has 0 spiro atoms. The number of unbranched alkanes of at least 4 members (excludes halogenated alkanes) is 20. The van der Waals surface area contributed by atoms with Crippen LogP contribution >= 0.6 is 0 Å². The third-order valence-corrected chi connectivity index (χ3v) is 10.9. The largest absolute Gasteiger partial charge is 0.477 e. The second-order valence-corrected chi connectivity index (χ2v) is 17.7. The molecule has 61 heavy (non-hydrogen) atoms. The summed E-state index contributed by atoms with van der Waals surface area (Å²) in [6.07, 6.45) is 54.2. The van der Waals surface area contributed by atoms with Gasteiger partial charge in [-0.3, -0.25) is 9.59 Å². The summed E-state index contributed by atoms with van der Waals surface area (Å²) in [5, 5.41) is 9.64. The van der Waals surface area contributed by atoms with Crippen LogP contribution in [0.15, 0.2) is 60.8 Å². The van der Waals surface area contributed by atoms with Gasteiger partial charge >= 0.3 is 17.9 Å². The zero-order valence-electron chi connectivity index (χ0n) is 40.1. The molecule has 2 unspecified atom stereocenters. The molecular weight excluding hydrogens is 763 g/mol. The van der Waals surface area contributed by atoms with E-state index in [9.17, 15) is 19.5 Å². The Morgan fingerprint density at radius 1 is 0.508 bits per heavy atom. The summed E-state index contributed by atoms with van der Waals surface area (Å²) < 4.78 is 17.3. The number of carbonyl (C=O) groups excluding carboxylic acids is 2. The van der Waals surface area contributed by atoms with Gasteiger partial charge in [0.15, 0.2) is 12.1 Å². The third kappa shape index (κ3) is 42.1. The van der Waals surface area contributed by atoms with Gasteiger partial charge in [-0.25, -0.2) is 4.79 Å². The van der Waals surface area contributed by atoms with E-state index in [1.807, 2.05) is 21.1 Å². The molecule has 8 heteroatoms. The van der Waals surface area contributed by atoms with Crippen LogP contribution in [-0.4, -0.2) is 80.6 Å². The highest BCUT2D eigenvalue weighted by Crippen LogP contribution is 2.16. The summed E-state index contributed by atoms with van der Waals surface area (Å²) in [6.45, 7) is 4.58. The Morgan fingerprint density at radius 2 is 0.918 bits per heavy atom. The molecule has 0 rings (SSSR count). The first kappa shape index (κ1) is 58.0. The van der Waals surface area contributed by atoms with E-state index in [0.29, 0.717) is 19.3 Å². The first-order chi connectivity index (χ1) is 29.6. The average Bonchev–Trinajstić information content (AvgIpc) is 3.22. The van der Waals surface area contributed by atoms with Gasteiger partial charge in [-0.05, 0) is 51.4 Å². The van der Waals surface area contributed by atoms with Crippen LogP contribution in [0.2, 0.25) is 0 Å². The number of carboxylic acid groups (broad SMARTS) is 1. The minimum absolute atomic E-state index is 0.0383. The van der Waals surface area contributed by atoms with Gasteiger partial charge in [0, 0.05) is 19.3 Å². The number of esters is 2. The first-order valence-corrected chi connectivity index (χ1v) is 24.8. The van der Waals surface area contributed by atoms with Crippen molar-refractivity contribution in [3.8, 4) is 0 Å². The Labute approximate surface area is 375 Å². The molecule has 0 heterocycles. The zero-order valence-corrected chi connectivity index (χ0v) is 40.1. The van der Waals surface area contributed by atoms with Gasteiger partial charge < -0.3 is 23.8 Å². The predicted molar refractivity (Wildman–Crippen MR) is 257 cm³/mol. The molecule has 0 amide bonds. The summed E-state index contributed by atoms with van der Waals surface area (Å²) in [6, 6.07) is -0.626. The van der Waals surface area contributed by atoms with Gasteiger partial charge in [-0.2, -0.15) is 0 Å². The predicted octanol–water partition coefficient (Wildman–Crippen LogP) is 14.1. The SMILES string of the molecule is CC/C=C\C/C=C\C/C=C\C/C=C\C/C=C\CCCC(=O)OC(COCCC(C(=O)O)[N+](C)(C)C)COC(=O)CCCCCCCCCCCCCCCCCCCCCC. The monoisotopic (exact) mass is 857 g/mol. The standard InChI is InChI=1S/C53H93NO7/c1-6-8-10-12-14-16-18-20-22-24-25-26-28-29-31-33-35-37-39-41-43-51(55)60-48-49(47-59-46-45-50(53(57)58)54(3,4)5)61-52(56)44-42-40-38-36-34-32-30-27-23-21-19-17-15-13-11-9-7-2/h9,11,15,17,21,23,30,32,36,38,49-50H,6-8,10,12-14,16,18-20,22,24-29,31,33-35,37,39-48H2,1-5H3/p+1/b11-9-,17-15-,23-21-,32-30-,38-36-. The summed E-state index contributed by atoms with van der Waals surface area (Å²) in [4.78, 5) is 37.1. The quantitative estimate of drug-likeness (QED) is 0.0282. The van der Waals surface area contributed by atoms with Crippen molar-refractivity contribution < 1.29 is 38.2 Å². The van der Waals surface area contributed by atoms with Crippen molar-refractivity contribution in [1.82, 2.24) is 0 Å². The van der Waals surface area contributed by atoms with Crippen LogP contribution in [0.3, 0.4) is 0 Å². The highest BCUT2D eigenvalue weighted by molar-refractivity contribution is 5.72. The molecule has 2 atom stereocenters. The molecule has 0 aromatic heterocycles. The van der Waals surface area contributed by atoms with Gasteiger partial charge in [-0.15, -0.1) is 0 Å². The van der Waals surface area contributed by atoms with Crippen molar-refractivity contribution in [2.75, 3.05) is 41.0 Å². The Morgan fingerprint density at radius 3 is 1.34 bits per heavy atom. The Balaban J connectivity index is 4.32. The molecule has 0 aliphatic rings. The summed E-state index contributed by atoms with van der Waals surface area (Å²) in [7, 11) is 5.51. The molecule has 0 fully saturated rings. The number of allylic oxidation sites excluding steroid dienone is 10. The summed E-state index contributed by atoms with van der Waals surface area (Å²) in [5.74, 6) is -1.54. The van der Waals surface area contributed by atoms with Gasteiger partial charge in [0.2, 0.25) is 0 Å². The van der Waals surface area contributed by atoms with E-state index < -0.39 is 18.1 Å². The Hall–Kier alpha value is -2.97. The highest BCUT2D eigenvalue weighted by atomic mass is 16.6. The van der Waals surface area contributed by atoms with Crippen LogP contribution in [0.4, 0.5) is 0 Å². The molecule has 0 saturated carbocycles. The molecule has 0 aromatic rings. The van der Waals surface area contributed by atoms with Crippen LogP contribution in [0.5, 0.6) is 0 Å². The fraction of sp³-hybridized carbons (Fsp3) is 0.755. The van der Waals surface area contributed by atoms with Crippen LogP contribution in [0.1, 0.15) is 206 Å². The molecule has 0 saturated heterocycles. The van der Waals surface area contributed by atoms with Gasteiger partial charge in [0.05, 0.1) is 34.4 Å². The molecule has 0 radical (unpaired) electrons. The van der Waals surface area contributed by atoms with Crippen molar-refractivity contribution in [1.29, 1.82) is 0 Å². The second-order valence-electron chi connectivity index (χ2n) is 17.7. The maximum atomic E-state index is 12.7. The highest BCUT2D eigenvalue weighted by Gasteiger charge is 2.31. The minimum atomic E-state index is -0.884. The third-order valence-electron chi connectivity index (χ3n) is 10.9. The van der Waals surface area contributed by atoms with Crippen LogP contribution in [0.25, 0.3) is 0 Å². The van der Waals surface area contributed by atoms with Gasteiger partial charge in [0.1, 0.15) is 6.61 Å². The number of nitrogens with zero attached hydrogens (tertiary/aromatic N) is 1. The molecule has 352 valence electrons. The Kier molecular flexibility index (Phi) is 41.5. The number of rotatable bonds is 44. The number of hydrogen-bond donors (Lipinski definition) is 1. The van der Waals surface area contributed by atoms with Crippen molar-refractivity contribution >= 4 is 17.9 Å². The van der Waals surface area contributed by atoms with E-state index in [1.165, 1.54) is 109 Å². The lowest BCUT2D eigenvalue weighted by molar-refractivity contribution is -0.887. The van der Waals surface area contributed by atoms with Crippen molar-refractivity contribution in [2.24, 2.45) is 0 Å². The number of carboxylic acids is 1. The molecule has 1 N–H and O–H groups in total. The Bertz CT molecular complexity index is 1180. The average molecular weight is 857 g/mol. The zero-order chi connectivity index (χ0) is 44.9. The number of hydrogen-bond acceptors (Lipinski definition) is 6. The van der Waals surface area contributed by atoms with Crippen LogP contribution in [0, 0.1) is 0 Å².